The molecule has 0 spiro atoms. The van der Waals surface area contributed by atoms with Gasteiger partial charge in [-0.1, -0.05) is 12.1 Å². The van der Waals surface area contributed by atoms with Crippen LogP contribution in [0.2, 0.25) is 0 Å². The molecule has 0 aliphatic carbocycles. The molecule has 4 heterocycles. The average molecular weight is 507 g/mol. The Kier molecular flexibility index (Phi) is 5.59. The van der Waals surface area contributed by atoms with Gasteiger partial charge >= 0.3 is 0 Å². The Hall–Kier alpha value is -4.23. The van der Waals surface area contributed by atoms with E-state index in [9.17, 15) is 0 Å². The van der Waals surface area contributed by atoms with Crippen molar-refractivity contribution in [1.82, 2.24) is 19.7 Å². The Morgan fingerprint density at radius 1 is 1.00 bits per heavy atom. The monoisotopic (exact) mass is 506 g/mol. The lowest BCUT2D eigenvalue weighted by molar-refractivity contribution is 0.158. The van der Waals surface area contributed by atoms with Crippen LogP contribution in [-0.2, 0) is 26.0 Å². The Balaban J connectivity index is 1.15. The van der Waals surface area contributed by atoms with Gasteiger partial charge in [-0.05, 0) is 83.6 Å². The standard InChI is InChI=1S/C31H30N4O3/c1-36-23-8-9-27-25(15-23)26-16-29-24-17-30(37-2)31(14-21(24)10-13-34(29)18-28(26)33-27)38-19-20-4-6-22(7-5-20)35-12-3-11-32-35/h3-9,11-12,14-15,17,29,33H,10,13,16,18-19H2,1-2H3. The van der Waals surface area contributed by atoms with Crippen LogP contribution >= 0.6 is 0 Å². The maximum Gasteiger partial charge on any atom is 0.161 e. The number of methoxy groups -OCH3 is 2. The lowest BCUT2D eigenvalue weighted by Gasteiger charge is -2.40. The highest BCUT2D eigenvalue weighted by molar-refractivity contribution is 5.86. The first-order valence-corrected chi connectivity index (χ1v) is 13.0. The van der Waals surface area contributed by atoms with Crippen LogP contribution in [-0.4, -0.2) is 40.4 Å². The number of ether oxygens (including phenoxy) is 3. The first-order chi connectivity index (χ1) is 18.7. The van der Waals surface area contributed by atoms with Crippen molar-refractivity contribution >= 4 is 10.9 Å². The van der Waals surface area contributed by atoms with Crippen LogP contribution in [0, 0.1) is 0 Å². The lowest BCUT2D eigenvalue weighted by Crippen LogP contribution is -2.39. The van der Waals surface area contributed by atoms with Gasteiger partial charge in [0, 0.05) is 48.1 Å². The average Bonchev–Trinajstić information content (AvgIpc) is 3.62. The number of aromatic amines is 1. The van der Waals surface area contributed by atoms with Crippen LogP contribution in [0.1, 0.15) is 34.0 Å². The minimum Gasteiger partial charge on any atom is -0.497 e. The molecule has 0 fully saturated rings. The van der Waals surface area contributed by atoms with Crippen LogP contribution in [0.3, 0.4) is 0 Å². The summed E-state index contributed by atoms with van der Waals surface area (Å²) < 4.78 is 19.5. The van der Waals surface area contributed by atoms with Gasteiger partial charge in [-0.2, -0.15) is 5.10 Å². The van der Waals surface area contributed by atoms with Crippen LogP contribution in [0.5, 0.6) is 17.2 Å². The van der Waals surface area contributed by atoms with E-state index in [1.54, 1.807) is 20.4 Å². The quantitative estimate of drug-likeness (QED) is 0.325. The SMILES string of the molecule is COc1ccc2[nH]c3c(c2c1)CC1c2cc(OC)c(OCc4ccc(-n5cccn5)cc4)cc2CCN1C3. The van der Waals surface area contributed by atoms with E-state index in [4.69, 9.17) is 14.2 Å². The molecule has 2 aromatic heterocycles. The van der Waals surface area contributed by atoms with Gasteiger partial charge in [0.15, 0.2) is 11.5 Å². The Bertz CT molecular complexity index is 1600. The number of hydrogen-bond acceptors (Lipinski definition) is 5. The van der Waals surface area contributed by atoms with Crippen molar-refractivity contribution in [3.05, 3.63) is 101 Å². The molecule has 1 atom stereocenters. The third-order valence-corrected chi connectivity index (χ3v) is 7.95. The van der Waals surface area contributed by atoms with Crippen LogP contribution in [0.4, 0.5) is 0 Å². The summed E-state index contributed by atoms with van der Waals surface area (Å²) in [5.74, 6) is 2.47. The fraction of sp³-hybridized carbons (Fsp3) is 0.258. The third kappa shape index (κ3) is 3.90. The van der Waals surface area contributed by atoms with E-state index in [0.717, 1.165) is 54.4 Å². The Labute approximate surface area is 221 Å². The van der Waals surface area contributed by atoms with E-state index in [2.05, 4.69) is 63.5 Å². The summed E-state index contributed by atoms with van der Waals surface area (Å²) in [5.41, 5.74) is 8.70. The first-order valence-electron chi connectivity index (χ1n) is 13.0. The van der Waals surface area contributed by atoms with E-state index >= 15 is 0 Å². The molecule has 1 unspecified atom stereocenters. The van der Waals surface area contributed by atoms with E-state index in [-0.39, 0.29) is 0 Å². The zero-order valence-corrected chi connectivity index (χ0v) is 21.6. The van der Waals surface area contributed by atoms with Gasteiger partial charge in [0.25, 0.3) is 0 Å². The molecule has 38 heavy (non-hydrogen) atoms. The fourth-order valence-electron chi connectivity index (χ4n) is 5.96. The largest absolute Gasteiger partial charge is 0.497 e. The van der Waals surface area contributed by atoms with Gasteiger partial charge in [-0.15, -0.1) is 0 Å². The molecule has 0 bridgehead atoms. The normalized spacial score (nSPS) is 16.5. The van der Waals surface area contributed by atoms with Crippen LogP contribution in [0.15, 0.2) is 73.1 Å². The summed E-state index contributed by atoms with van der Waals surface area (Å²) >= 11 is 0. The molecule has 0 saturated heterocycles. The smallest absolute Gasteiger partial charge is 0.161 e. The molecule has 2 aliphatic rings. The maximum atomic E-state index is 6.29. The Morgan fingerprint density at radius 2 is 1.89 bits per heavy atom. The molecule has 0 saturated carbocycles. The summed E-state index contributed by atoms with van der Waals surface area (Å²) in [5, 5.41) is 5.55. The fourth-order valence-corrected chi connectivity index (χ4v) is 5.96. The molecule has 0 amide bonds. The van der Waals surface area contributed by atoms with Crippen molar-refractivity contribution in [3.8, 4) is 22.9 Å². The summed E-state index contributed by atoms with van der Waals surface area (Å²) in [6, 6.07) is 21.2. The van der Waals surface area contributed by atoms with E-state index in [1.807, 2.05) is 23.0 Å². The topological polar surface area (TPSA) is 64.5 Å². The molecule has 5 aromatic rings. The maximum absolute atomic E-state index is 6.29. The van der Waals surface area contributed by atoms with Crippen molar-refractivity contribution in [1.29, 1.82) is 0 Å². The van der Waals surface area contributed by atoms with Crippen molar-refractivity contribution in [3.63, 3.8) is 0 Å². The predicted molar refractivity (Wildman–Crippen MR) is 146 cm³/mol. The molecule has 7 heteroatoms. The number of aromatic nitrogens is 3. The molecule has 1 N–H and O–H groups in total. The molecule has 2 aliphatic heterocycles. The summed E-state index contributed by atoms with van der Waals surface area (Å²) in [4.78, 5) is 6.23. The molecule has 7 rings (SSSR count). The van der Waals surface area contributed by atoms with E-state index in [1.165, 1.54) is 33.3 Å². The van der Waals surface area contributed by atoms with Gasteiger partial charge in [-0.3, -0.25) is 4.90 Å². The second kappa shape index (κ2) is 9.26. The molecular weight excluding hydrogens is 476 g/mol. The lowest BCUT2D eigenvalue weighted by atomic mass is 9.85. The second-order valence-electron chi connectivity index (χ2n) is 10.0. The molecule has 7 nitrogen and oxygen atoms in total. The molecule has 3 aromatic carbocycles. The van der Waals surface area contributed by atoms with E-state index < -0.39 is 0 Å². The number of H-pyrrole nitrogens is 1. The number of nitrogens with one attached hydrogen (secondary N) is 1. The number of nitrogens with zero attached hydrogens (tertiary/aromatic N) is 3. The van der Waals surface area contributed by atoms with Gasteiger partial charge < -0.3 is 19.2 Å². The Morgan fingerprint density at radius 3 is 2.68 bits per heavy atom. The number of benzene rings is 3. The molecule has 192 valence electrons. The van der Waals surface area contributed by atoms with Crippen molar-refractivity contribution in [2.45, 2.75) is 32.0 Å². The summed E-state index contributed by atoms with van der Waals surface area (Å²) in [6.07, 6.45) is 5.67. The predicted octanol–water partition coefficient (Wildman–Crippen LogP) is 5.61. The highest BCUT2D eigenvalue weighted by atomic mass is 16.5. The molecule has 0 radical (unpaired) electrons. The summed E-state index contributed by atoms with van der Waals surface area (Å²) in [6.45, 7) is 2.42. The summed E-state index contributed by atoms with van der Waals surface area (Å²) in [7, 11) is 3.45. The zero-order valence-electron chi connectivity index (χ0n) is 21.6. The van der Waals surface area contributed by atoms with Crippen molar-refractivity contribution < 1.29 is 14.2 Å². The number of hydrogen-bond donors (Lipinski definition) is 1. The van der Waals surface area contributed by atoms with Crippen molar-refractivity contribution in [2.75, 3.05) is 20.8 Å². The van der Waals surface area contributed by atoms with Gasteiger partial charge in [0.05, 0.1) is 19.9 Å². The zero-order chi connectivity index (χ0) is 25.6. The minimum absolute atomic E-state index is 0.314. The van der Waals surface area contributed by atoms with Gasteiger partial charge in [0.1, 0.15) is 12.4 Å². The van der Waals surface area contributed by atoms with Crippen LogP contribution in [0.25, 0.3) is 16.6 Å². The highest BCUT2D eigenvalue weighted by Crippen LogP contribution is 2.44. The van der Waals surface area contributed by atoms with Crippen LogP contribution < -0.4 is 14.2 Å². The minimum atomic E-state index is 0.314. The number of fused-ring (bicyclic) bond motifs is 6. The van der Waals surface area contributed by atoms with Gasteiger partial charge in [0.2, 0.25) is 0 Å². The third-order valence-electron chi connectivity index (χ3n) is 7.95. The molecular formula is C31H30N4O3. The van der Waals surface area contributed by atoms with Crippen molar-refractivity contribution in [2.24, 2.45) is 0 Å². The first kappa shape index (κ1) is 22.9. The number of rotatable bonds is 6. The van der Waals surface area contributed by atoms with Gasteiger partial charge in [-0.25, -0.2) is 4.68 Å². The highest BCUT2D eigenvalue weighted by Gasteiger charge is 2.34. The van der Waals surface area contributed by atoms with E-state index in [0.29, 0.717) is 12.6 Å². The second-order valence-corrected chi connectivity index (χ2v) is 10.0.